The van der Waals surface area contributed by atoms with E-state index >= 15 is 0 Å². The summed E-state index contributed by atoms with van der Waals surface area (Å²) in [5.41, 5.74) is 0. The minimum atomic E-state index is -1.57. The quantitative estimate of drug-likeness (QED) is 0.0261. The molecule has 6 N–H and O–H groups in total. The molecule has 0 aliphatic carbocycles. The monoisotopic (exact) mass is 990 g/mol. The van der Waals surface area contributed by atoms with Gasteiger partial charge in [0.2, 0.25) is 5.91 Å². The van der Waals surface area contributed by atoms with Crippen molar-refractivity contribution >= 4 is 5.91 Å². The molecule has 1 amide bonds. The van der Waals surface area contributed by atoms with E-state index < -0.39 is 49.5 Å². The van der Waals surface area contributed by atoms with E-state index in [0.29, 0.717) is 6.42 Å². The molecule has 1 heterocycles. The first-order valence-electron chi connectivity index (χ1n) is 30.2. The van der Waals surface area contributed by atoms with Crippen molar-refractivity contribution in [2.45, 2.75) is 333 Å². The summed E-state index contributed by atoms with van der Waals surface area (Å²) in [6, 6.07) is -0.824. The van der Waals surface area contributed by atoms with Crippen molar-refractivity contribution in [2.75, 3.05) is 13.2 Å². The molecule has 0 aromatic rings. The van der Waals surface area contributed by atoms with Gasteiger partial charge in [0, 0.05) is 6.42 Å². The normalized spacial score (nSPS) is 19.6. The Bertz CT molecular complexity index is 1190. The van der Waals surface area contributed by atoms with Gasteiger partial charge in [-0.1, -0.05) is 262 Å². The zero-order chi connectivity index (χ0) is 50.8. The Balaban J connectivity index is 2.23. The van der Waals surface area contributed by atoms with Gasteiger partial charge in [-0.15, -0.1) is 0 Å². The van der Waals surface area contributed by atoms with Crippen molar-refractivity contribution in [1.29, 1.82) is 0 Å². The van der Waals surface area contributed by atoms with Crippen LogP contribution in [0.2, 0.25) is 0 Å². The Labute approximate surface area is 431 Å². The largest absolute Gasteiger partial charge is 0.394 e. The lowest BCUT2D eigenvalue weighted by Crippen LogP contribution is -2.60. The SMILES string of the molecule is CCCCCCCCCCCCCC/C=C\CCCCCCCCCCC(=O)NC(COC1OC(CO)C(O)C(O)C1O)C(O)/C=C/CC/C=C/CCCCCCCCCCCCCCCCCCC. The van der Waals surface area contributed by atoms with E-state index in [1.165, 1.54) is 231 Å². The number of hydrogen-bond donors (Lipinski definition) is 6. The number of rotatable bonds is 52. The molecule has 0 aromatic heterocycles. The van der Waals surface area contributed by atoms with E-state index in [1.54, 1.807) is 6.08 Å². The van der Waals surface area contributed by atoms with E-state index in [2.05, 4.69) is 43.5 Å². The summed E-state index contributed by atoms with van der Waals surface area (Å²) >= 11 is 0. The third kappa shape index (κ3) is 39.9. The van der Waals surface area contributed by atoms with Gasteiger partial charge in [-0.05, 0) is 57.8 Å². The first kappa shape index (κ1) is 66.4. The fourth-order valence-electron chi connectivity index (χ4n) is 9.64. The number of ether oxygens (including phenoxy) is 2. The van der Waals surface area contributed by atoms with E-state index in [0.717, 1.165) is 38.5 Å². The van der Waals surface area contributed by atoms with Gasteiger partial charge in [-0.2, -0.15) is 0 Å². The molecule has 0 bridgehead atoms. The van der Waals surface area contributed by atoms with Crippen LogP contribution in [-0.4, -0.2) is 87.5 Å². The van der Waals surface area contributed by atoms with Crippen molar-refractivity contribution < 1.29 is 39.8 Å². The van der Waals surface area contributed by atoms with E-state index in [4.69, 9.17) is 9.47 Å². The lowest BCUT2D eigenvalue weighted by Gasteiger charge is -2.40. The Morgan fingerprint density at radius 2 is 0.814 bits per heavy atom. The molecule has 1 fully saturated rings. The number of aliphatic hydroxyl groups excluding tert-OH is 5. The third-order valence-corrected chi connectivity index (χ3v) is 14.4. The molecule has 1 saturated heterocycles. The molecule has 1 aliphatic rings. The highest BCUT2D eigenvalue weighted by molar-refractivity contribution is 5.76. The van der Waals surface area contributed by atoms with Gasteiger partial charge in [0.1, 0.15) is 24.4 Å². The van der Waals surface area contributed by atoms with Gasteiger partial charge in [0.15, 0.2) is 6.29 Å². The zero-order valence-corrected chi connectivity index (χ0v) is 45.8. The van der Waals surface area contributed by atoms with Crippen molar-refractivity contribution in [1.82, 2.24) is 5.32 Å². The van der Waals surface area contributed by atoms with Crippen molar-refractivity contribution in [2.24, 2.45) is 0 Å². The predicted octanol–water partition coefficient (Wildman–Crippen LogP) is 15.1. The molecule has 70 heavy (non-hydrogen) atoms. The highest BCUT2D eigenvalue weighted by Crippen LogP contribution is 2.23. The maximum absolute atomic E-state index is 13.1. The van der Waals surface area contributed by atoms with Crippen molar-refractivity contribution in [3.63, 3.8) is 0 Å². The Kier molecular flexibility index (Phi) is 48.3. The van der Waals surface area contributed by atoms with E-state index in [9.17, 15) is 30.3 Å². The number of hydrogen-bond acceptors (Lipinski definition) is 8. The van der Waals surface area contributed by atoms with Crippen LogP contribution in [0.25, 0.3) is 0 Å². The molecule has 0 spiro atoms. The fraction of sp³-hybridized carbons (Fsp3) is 0.885. The number of amides is 1. The summed E-state index contributed by atoms with van der Waals surface area (Å²) in [6.07, 6.45) is 59.3. The molecule has 7 atom stereocenters. The van der Waals surface area contributed by atoms with Crippen LogP contribution < -0.4 is 5.32 Å². The standard InChI is InChI=1S/C61H115NO8/c1-3-5-7-9-11-13-15-17-19-21-23-25-27-29-31-33-35-37-39-41-43-45-47-49-51-57(65)62-54(53-69-61-60(68)59(67)58(66)56(52-63)70-61)55(64)50-48-46-44-42-40-38-36-34-32-30-28-26-24-22-20-18-16-14-12-10-8-6-4-2/h29,31,40,42,48,50,54-56,58-61,63-64,66-68H,3-28,30,32-39,41,43-47,49,51-53H2,1-2H3,(H,62,65)/b31-29-,42-40+,50-48+. The average molecular weight is 991 g/mol. The Morgan fingerprint density at radius 1 is 0.471 bits per heavy atom. The number of aliphatic hydroxyl groups is 5. The van der Waals surface area contributed by atoms with Crippen LogP contribution in [0, 0.1) is 0 Å². The number of nitrogens with one attached hydrogen (secondary N) is 1. The first-order chi connectivity index (χ1) is 34.3. The van der Waals surface area contributed by atoms with Crippen LogP contribution in [0.5, 0.6) is 0 Å². The van der Waals surface area contributed by atoms with E-state index in [-0.39, 0.29) is 12.5 Å². The highest BCUT2D eigenvalue weighted by Gasteiger charge is 2.44. The second kappa shape index (κ2) is 50.9. The molecular formula is C61H115NO8. The fourth-order valence-corrected chi connectivity index (χ4v) is 9.64. The Morgan fingerprint density at radius 3 is 1.20 bits per heavy atom. The molecule has 0 aromatic carbocycles. The average Bonchev–Trinajstić information content (AvgIpc) is 3.36. The minimum absolute atomic E-state index is 0.186. The molecule has 7 unspecified atom stereocenters. The summed E-state index contributed by atoms with van der Waals surface area (Å²) in [6.45, 7) is 3.80. The molecular weight excluding hydrogens is 875 g/mol. The lowest BCUT2D eigenvalue weighted by atomic mass is 9.99. The highest BCUT2D eigenvalue weighted by atomic mass is 16.7. The summed E-state index contributed by atoms with van der Waals surface area (Å²) < 4.78 is 11.3. The summed E-state index contributed by atoms with van der Waals surface area (Å²) in [7, 11) is 0. The number of carbonyl (C=O) groups is 1. The molecule has 9 nitrogen and oxygen atoms in total. The topological polar surface area (TPSA) is 149 Å². The van der Waals surface area contributed by atoms with Gasteiger partial charge in [-0.3, -0.25) is 4.79 Å². The molecule has 0 radical (unpaired) electrons. The second-order valence-corrected chi connectivity index (χ2v) is 21.1. The van der Waals surface area contributed by atoms with Gasteiger partial charge >= 0.3 is 0 Å². The zero-order valence-electron chi connectivity index (χ0n) is 45.8. The molecule has 412 valence electrons. The molecule has 1 rings (SSSR count). The maximum atomic E-state index is 13.1. The summed E-state index contributed by atoms with van der Waals surface area (Å²) in [5.74, 6) is -0.186. The minimum Gasteiger partial charge on any atom is -0.394 e. The van der Waals surface area contributed by atoms with Gasteiger partial charge in [0.25, 0.3) is 0 Å². The third-order valence-electron chi connectivity index (χ3n) is 14.4. The maximum Gasteiger partial charge on any atom is 0.220 e. The predicted molar refractivity (Wildman–Crippen MR) is 295 cm³/mol. The Hall–Kier alpha value is -1.59. The van der Waals surface area contributed by atoms with Crippen molar-refractivity contribution in [3.05, 3.63) is 36.5 Å². The summed E-state index contributed by atoms with van der Waals surface area (Å²) in [4.78, 5) is 13.1. The lowest BCUT2D eigenvalue weighted by molar-refractivity contribution is -0.302. The summed E-state index contributed by atoms with van der Waals surface area (Å²) in [5, 5.41) is 54.5. The molecule has 0 saturated carbocycles. The second-order valence-electron chi connectivity index (χ2n) is 21.1. The van der Waals surface area contributed by atoms with Gasteiger partial charge < -0.3 is 40.3 Å². The van der Waals surface area contributed by atoms with Crippen LogP contribution in [0.4, 0.5) is 0 Å². The van der Waals surface area contributed by atoms with Crippen LogP contribution in [-0.2, 0) is 14.3 Å². The van der Waals surface area contributed by atoms with Gasteiger partial charge in [0.05, 0.1) is 25.4 Å². The van der Waals surface area contributed by atoms with Crippen LogP contribution >= 0.6 is 0 Å². The molecule has 9 heteroatoms. The van der Waals surface area contributed by atoms with Crippen molar-refractivity contribution in [3.8, 4) is 0 Å². The van der Waals surface area contributed by atoms with Gasteiger partial charge in [-0.25, -0.2) is 0 Å². The van der Waals surface area contributed by atoms with Crippen LogP contribution in [0.1, 0.15) is 290 Å². The number of allylic oxidation sites excluding steroid dienone is 5. The van der Waals surface area contributed by atoms with Crippen LogP contribution in [0.15, 0.2) is 36.5 Å². The number of unbranched alkanes of at least 4 members (excludes halogenated alkanes) is 38. The van der Waals surface area contributed by atoms with E-state index in [1.807, 2.05) is 6.08 Å². The molecule has 1 aliphatic heterocycles. The smallest absolute Gasteiger partial charge is 0.220 e. The van der Waals surface area contributed by atoms with Crippen LogP contribution in [0.3, 0.4) is 0 Å². The number of carbonyl (C=O) groups excluding carboxylic acids is 1. The first-order valence-corrected chi connectivity index (χ1v) is 30.2.